The first-order valence-electron chi connectivity index (χ1n) is 18.6. The summed E-state index contributed by atoms with van der Waals surface area (Å²) < 4.78 is 6.81. The minimum atomic E-state index is 0.249. The summed E-state index contributed by atoms with van der Waals surface area (Å²) in [6, 6.07) is 56.7. The van der Waals surface area contributed by atoms with E-state index in [1.54, 1.807) is 0 Å². The number of anilines is 3. The highest BCUT2D eigenvalue weighted by Gasteiger charge is 2.31. The first-order chi connectivity index (χ1) is 26.8. The molecule has 0 amide bonds. The Bertz CT molecular complexity index is 3020. The van der Waals surface area contributed by atoms with Gasteiger partial charge in [0.25, 0.3) is 0 Å². The van der Waals surface area contributed by atoms with E-state index in [0.29, 0.717) is 5.92 Å². The topological polar surface area (TPSA) is 29.3 Å². The molecule has 2 aliphatic carbocycles. The zero-order chi connectivity index (χ0) is 35.6. The smallest absolute Gasteiger partial charge is 0.160 e. The van der Waals surface area contributed by atoms with Gasteiger partial charge < -0.3 is 9.32 Å². The zero-order valence-corrected chi connectivity index (χ0v) is 29.4. The van der Waals surface area contributed by atoms with Crippen LogP contribution in [0.1, 0.15) is 22.6 Å². The molecule has 0 saturated heterocycles. The number of allylic oxidation sites excluding steroid dienone is 5. The first kappa shape index (κ1) is 30.6. The number of para-hydroxylation sites is 1. The molecular formula is C51H34N2O. The van der Waals surface area contributed by atoms with Gasteiger partial charge in [0.1, 0.15) is 5.58 Å². The lowest BCUT2D eigenvalue weighted by molar-refractivity contribution is 0.669. The third-order valence-electron chi connectivity index (χ3n) is 11.3. The van der Waals surface area contributed by atoms with Crippen molar-refractivity contribution in [1.82, 2.24) is 4.98 Å². The predicted octanol–water partition coefficient (Wildman–Crippen LogP) is 13.8. The molecule has 2 unspecified atom stereocenters. The third-order valence-corrected chi connectivity index (χ3v) is 11.3. The maximum absolute atomic E-state index is 6.81. The van der Waals surface area contributed by atoms with E-state index in [0.717, 1.165) is 49.9 Å². The van der Waals surface area contributed by atoms with Gasteiger partial charge >= 0.3 is 0 Å². The number of hydrogen-bond acceptors (Lipinski definition) is 3. The van der Waals surface area contributed by atoms with Crippen molar-refractivity contribution >= 4 is 72.3 Å². The Kier molecular flexibility index (Phi) is 6.99. The van der Waals surface area contributed by atoms with Gasteiger partial charge in [-0.1, -0.05) is 134 Å². The second-order valence-corrected chi connectivity index (χ2v) is 14.3. The molecule has 11 rings (SSSR count). The van der Waals surface area contributed by atoms with Gasteiger partial charge in [-0.15, -0.1) is 0 Å². The van der Waals surface area contributed by atoms with Crippen molar-refractivity contribution in [2.75, 3.05) is 4.90 Å². The summed E-state index contributed by atoms with van der Waals surface area (Å²) in [5.74, 6) is 0.548. The standard InChI is InChI=1S/C51H34N2O/c1-2-12-35-29-36(23-22-33(35)11-1)34-24-26-39(27-25-34)53(50-45-20-10-28-52-48(45)32-47-44-19-7-8-21-49(44)54-51(47)50)40-15-9-14-37(30-40)46-31-38-13-3-4-16-41(38)42-17-5-6-18-43(42)46/h1-32,42-43H. The van der Waals surface area contributed by atoms with Crippen LogP contribution in [-0.2, 0) is 0 Å². The lowest BCUT2D eigenvalue weighted by Crippen LogP contribution is -2.18. The van der Waals surface area contributed by atoms with Gasteiger partial charge in [0.2, 0.25) is 0 Å². The molecule has 0 radical (unpaired) electrons. The normalized spacial score (nSPS) is 16.1. The fourth-order valence-electron chi connectivity index (χ4n) is 8.69. The van der Waals surface area contributed by atoms with Crippen LogP contribution in [0.3, 0.4) is 0 Å². The molecule has 2 aliphatic rings. The Morgan fingerprint density at radius 2 is 1.30 bits per heavy atom. The van der Waals surface area contributed by atoms with Crippen LogP contribution in [0, 0.1) is 5.92 Å². The summed E-state index contributed by atoms with van der Waals surface area (Å²) in [5, 5.41) is 5.63. The van der Waals surface area contributed by atoms with Crippen molar-refractivity contribution < 1.29 is 4.42 Å². The monoisotopic (exact) mass is 690 g/mol. The van der Waals surface area contributed by atoms with Crippen LogP contribution in [0.15, 0.2) is 193 Å². The molecule has 3 nitrogen and oxygen atoms in total. The van der Waals surface area contributed by atoms with Gasteiger partial charge in [-0.2, -0.15) is 0 Å². The minimum absolute atomic E-state index is 0.249. The Morgan fingerprint density at radius 3 is 2.22 bits per heavy atom. The largest absolute Gasteiger partial charge is 0.454 e. The van der Waals surface area contributed by atoms with Crippen molar-refractivity contribution in [3.05, 3.63) is 205 Å². The summed E-state index contributed by atoms with van der Waals surface area (Å²) >= 11 is 0. The third kappa shape index (κ3) is 4.93. The van der Waals surface area contributed by atoms with E-state index < -0.39 is 0 Å². The molecule has 0 N–H and O–H groups in total. The molecule has 0 spiro atoms. The molecule has 54 heavy (non-hydrogen) atoms. The molecule has 0 saturated carbocycles. The molecule has 2 heterocycles. The quantitative estimate of drug-likeness (QED) is 0.180. The fraction of sp³-hybridized carbons (Fsp3) is 0.0392. The average Bonchev–Trinajstić information content (AvgIpc) is 3.61. The lowest BCUT2D eigenvalue weighted by Gasteiger charge is -2.33. The number of fused-ring (bicyclic) bond motifs is 8. The van der Waals surface area contributed by atoms with Crippen LogP contribution < -0.4 is 4.90 Å². The highest BCUT2D eigenvalue weighted by molar-refractivity contribution is 6.18. The van der Waals surface area contributed by atoms with E-state index in [-0.39, 0.29) is 5.92 Å². The van der Waals surface area contributed by atoms with E-state index in [2.05, 4.69) is 181 Å². The fourth-order valence-corrected chi connectivity index (χ4v) is 8.69. The van der Waals surface area contributed by atoms with E-state index in [4.69, 9.17) is 9.40 Å². The molecule has 0 bridgehead atoms. The van der Waals surface area contributed by atoms with Gasteiger partial charge in [0.05, 0.1) is 11.2 Å². The maximum atomic E-state index is 6.81. The second kappa shape index (κ2) is 12.3. The first-order valence-corrected chi connectivity index (χ1v) is 18.6. The van der Waals surface area contributed by atoms with Gasteiger partial charge in [-0.05, 0) is 98.8 Å². The highest BCUT2D eigenvalue weighted by Crippen LogP contribution is 2.49. The SMILES string of the molecule is C1=CC2C(c3cccc(N(c4ccc(-c5ccc6ccccc6c5)cc4)c4c5cccnc5cc5c4oc4ccccc45)c3)=Cc3ccccc3C2C=C1. The summed E-state index contributed by atoms with van der Waals surface area (Å²) in [5.41, 5.74) is 13.2. The molecule has 254 valence electrons. The number of hydrogen-bond donors (Lipinski definition) is 0. The summed E-state index contributed by atoms with van der Waals surface area (Å²) in [6.45, 7) is 0. The number of pyridine rings is 1. The Labute approximate surface area is 313 Å². The molecule has 3 heteroatoms. The number of aromatic nitrogens is 1. The van der Waals surface area contributed by atoms with Crippen LogP contribution in [0.5, 0.6) is 0 Å². The van der Waals surface area contributed by atoms with E-state index in [9.17, 15) is 0 Å². The van der Waals surface area contributed by atoms with Crippen LogP contribution in [0.25, 0.3) is 66.4 Å². The highest BCUT2D eigenvalue weighted by atomic mass is 16.3. The summed E-state index contributed by atoms with van der Waals surface area (Å²) in [7, 11) is 0. The van der Waals surface area contributed by atoms with Crippen molar-refractivity contribution in [1.29, 1.82) is 0 Å². The van der Waals surface area contributed by atoms with Crippen LogP contribution in [-0.4, -0.2) is 4.98 Å². The number of nitrogens with zero attached hydrogens (tertiary/aromatic N) is 2. The van der Waals surface area contributed by atoms with Crippen molar-refractivity contribution in [3.8, 4) is 11.1 Å². The Balaban J connectivity index is 1.13. The summed E-state index contributed by atoms with van der Waals surface area (Å²) in [6.07, 6.45) is 13.4. The van der Waals surface area contributed by atoms with Crippen molar-refractivity contribution in [2.24, 2.45) is 5.92 Å². The van der Waals surface area contributed by atoms with Gasteiger partial charge in [0.15, 0.2) is 5.58 Å². The molecule has 9 aromatic rings. The Hall–Kier alpha value is -6.97. The van der Waals surface area contributed by atoms with Crippen molar-refractivity contribution in [3.63, 3.8) is 0 Å². The van der Waals surface area contributed by atoms with Crippen LogP contribution in [0.4, 0.5) is 17.1 Å². The number of benzene rings is 7. The van der Waals surface area contributed by atoms with Crippen LogP contribution >= 0.6 is 0 Å². The number of rotatable bonds is 5. The molecule has 2 aromatic heterocycles. The van der Waals surface area contributed by atoms with E-state index in [1.165, 1.54) is 44.2 Å². The van der Waals surface area contributed by atoms with Crippen LogP contribution in [0.2, 0.25) is 0 Å². The molecule has 0 fully saturated rings. The zero-order valence-electron chi connectivity index (χ0n) is 29.4. The van der Waals surface area contributed by atoms with Gasteiger partial charge in [-0.25, -0.2) is 0 Å². The van der Waals surface area contributed by atoms with Crippen molar-refractivity contribution in [2.45, 2.75) is 5.92 Å². The predicted molar refractivity (Wildman–Crippen MR) is 225 cm³/mol. The molecule has 2 atom stereocenters. The van der Waals surface area contributed by atoms with E-state index >= 15 is 0 Å². The lowest BCUT2D eigenvalue weighted by atomic mass is 9.71. The van der Waals surface area contributed by atoms with Gasteiger partial charge in [-0.3, -0.25) is 4.98 Å². The number of furan rings is 1. The maximum Gasteiger partial charge on any atom is 0.160 e. The molecular weight excluding hydrogens is 657 g/mol. The minimum Gasteiger partial charge on any atom is -0.454 e. The average molecular weight is 691 g/mol. The van der Waals surface area contributed by atoms with E-state index in [1.807, 2.05) is 18.3 Å². The Morgan fingerprint density at radius 1 is 0.519 bits per heavy atom. The second-order valence-electron chi connectivity index (χ2n) is 14.3. The summed E-state index contributed by atoms with van der Waals surface area (Å²) in [4.78, 5) is 7.26. The molecule has 0 aliphatic heterocycles. The van der Waals surface area contributed by atoms with Gasteiger partial charge in [0, 0.05) is 45.6 Å². The molecule has 7 aromatic carbocycles.